The average molecular weight is 396 g/mol. The maximum Gasteiger partial charge on any atom is 0.251 e. The SMILES string of the molecule is CC(=O)NCCNC(=O)c1ccc(NC2=N[C@H]3CS(=O)(=O)C[C@@H]3S2)cc1. The number of carbonyl (C=O) groups is 2. The van der Waals surface area contributed by atoms with E-state index in [4.69, 9.17) is 0 Å². The lowest BCUT2D eigenvalue weighted by Gasteiger charge is -2.09. The molecule has 0 radical (unpaired) electrons. The van der Waals surface area contributed by atoms with Gasteiger partial charge in [-0.05, 0) is 24.3 Å². The van der Waals surface area contributed by atoms with E-state index in [0.29, 0.717) is 23.8 Å². The zero-order chi connectivity index (χ0) is 18.7. The first-order valence-electron chi connectivity index (χ1n) is 8.17. The van der Waals surface area contributed by atoms with Crippen LogP contribution in [0.2, 0.25) is 0 Å². The zero-order valence-electron chi connectivity index (χ0n) is 14.2. The lowest BCUT2D eigenvalue weighted by molar-refractivity contribution is -0.118. The Hall–Kier alpha value is -2.07. The van der Waals surface area contributed by atoms with Crippen molar-refractivity contribution in [3.63, 3.8) is 0 Å². The Bertz CT molecular complexity index is 836. The van der Waals surface area contributed by atoms with Gasteiger partial charge in [0.2, 0.25) is 5.91 Å². The molecule has 1 saturated heterocycles. The molecule has 1 fully saturated rings. The summed E-state index contributed by atoms with van der Waals surface area (Å²) in [4.78, 5) is 27.2. The molecule has 140 valence electrons. The van der Waals surface area contributed by atoms with Crippen LogP contribution in [0.25, 0.3) is 0 Å². The standard InChI is InChI=1S/C16H20N4O4S2/c1-10(21)17-6-7-18-15(22)11-2-4-12(5-3-11)19-16-20-13-8-26(23,24)9-14(13)25-16/h2-5,13-14H,6-9H2,1H3,(H,17,21)(H,18,22)(H,19,20)/t13-,14-/m0/s1. The second-order valence-corrected chi connectivity index (χ2v) is 9.56. The number of rotatable bonds is 5. The molecule has 1 aromatic rings. The summed E-state index contributed by atoms with van der Waals surface area (Å²) >= 11 is 1.45. The second-order valence-electron chi connectivity index (χ2n) is 6.18. The van der Waals surface area contributed by atoms with Gasteiger partial charge in [-0.1, -0.05) is 11.8 Å². The largest absolute Gasteiger partial charge is 0.355 e. The number of sulfone groups is 1. The minimum absolute atomic E-state index is 0.00355. The van der Waals surface area contributed by atoms with Gasteiger partial charge in [0.05, 0.1) is 17.5 Å². The number of nitrogens with one attached hydrogen (secondary N) is 3. The highest BCUT2D eigenvalue weighted by atomic mass is 32.2. The van der Waals surface area contributed by atoms with Gasteiger partial charge in [-0.15, -0.1) is 0 Å². The van der Waals surface area contributed by atoms with Gasteiger partial charge in [0.25, 0.3) is 5.91 Å². The van der Waals surface area contributed by atoms with E-state index in [2.05, 4.69) is 20.9 Å². The van der Waals surface area contributed by atoms with Crippen molar-refractivity contribution in [3.8, 4) is 0 Å². The van der Waals surface area contributed by atoms with Gasteiger partial charge in [-0.25, -0.2) is 8.42 Å². The van der Waals surface area contributed by atoms with Crippen LogP contribution in [-0.2, 0) is 14.6 Å². The van der Waals surface area contributed by atoms with Crippen molar-refractivity contribution < 1.29 is 18.0 Å². The van der Waals surface area contributed by atoms with Crippen LogP contribution in [0, 0.1) is 0 Å². The second kappa shape index (κ2) is 7.67. The molecule has 2 heterocycles. The summed E-state index contributed by atoms with van der Waals surface area (Å²) in [5.41, 5.74) is 1.30. The van der Waals surface area contributed by atoms with Crippen molar-refractivity contribution in [2.75, 3.05) is 29.9 Å². The number of amidine groups is 1. The van der Waals surface area contributed by atoms with E-state index >= 15 is 0 Å². The zero-order valence-corrected chi connectivity index (χ0v) is 15.8. The molecular formula is C16H20N4O4S2. The quantitative estimate of drug-likeness (QED) is 0.614. The molecule has 8 nitrogen and oxygen atoms in total. The Kier molecular flexibility index (Phi) is 5.52. The molecule has 3 rings (SSSR count). The number of hydrogen-bond donors (Lipinski definition) is 3. The molecule has 0 aromatic heterocycles. The fourth-order valence-corrected chi connectivity index (χ4v) is 6.44. The molecule has 10 heteroatoms. The Balaban J connectivity index is 1.51. The third-order valence-electron chi connectivity index (χ3n) is 4.00. The fraction of sp³-hybridized carbons (Fsp3) is 0.438. The van der Waals surface area contributed by atoms with Crippen LogP contribution in [0.15, 0.2) is 29.3 Å². The van der Waals surface area contributed by atoms with Crippen molar-refractivity contribution in [2.24, 2.45) is 4.99 Å². The number of benzene rings is 1. The number of carbonyl (C=O) groups excluding carboxylic acids is 2. The number of anilines is 1. The van der Waals surface area contributed by atoms with E-state index in [-0.39, 0.29) is 34.6 Å². The lowest BCUT2D eigenvalue weighted by atomic mass is 10.2. The van der Waals surface area contributed by atoms with Crippen LogP contribution in [0.5, 0.6) is 0 Å². The van der Waals surface area contributed by atoms with Crippen LogP contribution in [0.4, 0.5) is 5.69 Å². The summed E-state index contributed by atoms with van der Waals surface area (Å²) in [5.74, 6) is -0.0551. The smallest absolute Gasteiger partial charge is 0.251 e. The Labute approximate surface area is 156 Å². The molecule has 0 bridgehead atoms. The topological polar surface area (TPSA) is 117 Å². The highest BCUT2D eigenvalue weighted by Gasteiger charge is 2.42. The molecule has 2 aliphatic rings. The molecule has 3 N–H and O–H groups in total. The van der Waals surface area contributed by atoms with Gasteiger partial charge < -0.3 is 16.0 Å². The van der Waals surface area contributed by atoms with Crippen LogP contribution >= 0.6 is 11.8 Å². The van der Waals surface area contributed by atoms with Gasteiger partial charge in [0.1, 0.15) is 0 Å². The molecule has 2 atom stereocenters. The van der Waals surface area contributed by atoms with Crippen molar-refractivity contribution in [2.45, 2.75) is 18.2 Å². The Morgan fingerprint density at radius 1 is 1.15 bits per heavy atom. The third kappa shape index (κ3) is 4.76. The minimum Gasteiger partial charge on any atom is -0.355 e. The molecular weight excluding hydrogens is 376 g/mol. The first kappa shape index (κ1) is 18.7. The highest BCUT2D eigenvalue weighted by Crippen LogP contribution is 2.34. The first-order valence-corrected chi connectivity index (χ1v) is 10.9. The highest BCUT2D eigenvalue weighted by molar-refractivity contribution is 8.15. The van der Waals surface area contributed by atoms with Crippen LogP contribution in [0.3, 0.4) is 0 Å². The molecule has 2 aliphatic heterocycles. The monoisotopic (exact) mass is 396 g/mol. The molecule has 0 unspecified atom stereocenters. The van der Waals surface area contributed by atoms with Gasteiger partial charge >= 0.3 is 0 Å². The van der Waals surface area contributed by atoms with Crippen molar-refractivity contribution in [1.29, 1.82) is 0 Å². The molecule has 1 aromatic carbocycles. The summed E-state index contributed by atoms with van der Waals surface area (Å²) < 4.78 is 23.2. The first-order chi connectivity index (χ1) is 12.3. The summed E-state index contributed by atoms with van der Waals surface area (Å²) in [6, 6.07) is 6.78. The normalized spacial score (nSPS) is 23.0. The van der Waals surface area contributed by atoms with E-state index in [0.717, 1.165) is 5.69 Å². The van der Waals surface area contributed by atoms with E-state index in [1.807, 2.05) is 0 Å². The number of hydrogen-bond acceptors (Lipinski definition) is 7. The molecule has 0 saturated carbocycles. The maximum absolute atomic E-state index is 12.0. The number of fused-ring (bicyclic) bond motifs is 1. The average Bonchev–Trinajstić information content (AvgIpc) is 3.04. The van der Waals surface area contributed by atoms with Gasteiger partial charge in [-0.3, -0.25) is 14.6 Å². The van der Waals surface area contributed by atoms with E-state index in [1.165, 1.54) is 18.7 Å². The number of amides is 2. The van der Waals surface area contributed by atoms with Crippen molar-refractivity contribution in [1.82, 2.24) is 10.6 Å². The summed E-state index contributed by atoms with van der Waals surface area (Å²) in [6.45, 7) is 2.17. The molecule has 26 heavy (non-hydrogen) atoms. The fourth-order valence-electron chi connectivity index (χ4n) is 2.76. The molecule has 0 spiro atoms. The lowest BCUT2D eigenvalue weighted by Crippen LogP contribution is -2.33. The minimum atomic E-state index is -2.95. The summed E-state index contributed by atoms with van der Waals surface area (Å²) in [5, 5.41) is 9.20. The number of aliphatic imine (C=N–C) groups is 1. The Morgan fingerprint density at radius 2 is 1.85 bits per heavy atom. The summed E-state index contributed by atoms with van der Waals surface area (Å²) in [7, 11) is -2.95. The van der Waals surface area contributed by atoms with Gasteiger partial charge in [-0.2, -0.15) is 0 Å². The van der Waals surface area contributed by atoms with Crippen molar-refractivity contribution in [3.05, 3.63) is 29.8 Å². The number of thioether (sulfide) groups is 1. The summed E-state index contributed by atoms with van der Waals surface area (Å²) in [6.07, 6.45) is 0. The van der Waals surface area contributed by atoms with Gasteiger partial charge in [0, 0.05) is 36.5 Å². The number of nitrogens with zero attached hydrogens (tertiary/aromatic N) is 1. The predicted octanol–water partition coefficient (Wildman–Crippen LogP) is 0.233. The Morgan fingerprint density at radius 3 is 2.50 bits per heavy atom. The van der Waals surface area contributed by atoms with Crippen molar-refractivity contribution >= 4 is 44.3 Å². The van der Waals surface area contributed by atoms with Crippen LogP contribution in [0.1, 0.15) is 17.3 Å². The van der Waals surface area contributed by atoms with E-state index in [1.54, 1.807) is 24.3 Å². The van der Waals surface area contributed by atoms with Crippen LogP contribution in [-0.4, -0.2) is 61.3 Å². The van der Waals surface area contributed by atoms with Crippen LogP contribution < -0.4 is 16.0 Å². The third-order valence-corrected chi connectivity index (χ3v) is 7.14. The maximum atomic E-state index is 12.0. The molecule has 0 aliphatic carbocycles. The molecule has 2 amide bonds. The van der Waals surface area contributed by atoms with E-state index in [9.17, 15) is 18.0 Å². The predicted molar refractivity (Wildman–Crippen MR) is 102 cm³/mol. The van der Waals surface area contributed by atoms with E-state index < -0.39 is 9.84 Å². The van der Waals surface area contributed by atoms with Gasteiger partial charge in [0.15, 0.2) is 15.0 Å².